The van der Waals surface area contributed by atoms with E-state index in [2.05, 4.69) is 54.4 Å². The average Bonchev–Trinajstić information content (AvgIpc) is 2.82. The van der Waals surface area contributed by atoms with Crippen molar-refractivity contribution in [2.45, 2.75) is 52.1 Å². The van der Waals surface area contributed by atoms with Gasteiger partial charge in [-0.1, -0.05) is 29.8 Å². The van der Waals surface area contributed by atoms with E-state index >= 15 is 0 Å². The predicted molar refractivity (Wildman–Crippen MR) is 142 cm³/mol. The molecule has 1 N–H and O–H groups in total. The highest BCUT2D eigenvalue weighted by Gasteiger charge is 2.31. The Morgan fingerprint density at radius 1 is 1.26 bits per heavy atom. The maximum atomic E-state index is 12.2. The van der Waals surface area contributed by atoms with E-state index in [1.54, 1.807) is 11.0 Å². The van der Waals surface area contributed by atoms with E-state index < -0.39 is 0 Å². The summed E-state index contributed by atoms with van der Waals surface area (Å²) in [5, 5.41) is 3.05. The molecule has 1 aromatic rings. The number of hydrogen-bond acceptors (Lipinski definition) is 5. The Kier molecular flexibility index (Phi) is 9.18. The Morgan fingerprint density at radius 3 is 2.51 bits per heavy atom. The first kappa shape index (κ1) is 27.4. The zero-order chi connectivity index (χ0) is 25.8. The van der Waals surface area contributed by atoms with Gasteiger partial charge in [0.2, 0.25) is 12.3 Å². The van der Waals surface area contributed by atoms with Gasteiger partial charge >= 0.3 is 0 Å². The molecule has 10 heteroatoms. The lowest BCUT2D eigenvalue weighted by Crippen LogP contribution is -2.55. The monoisotopic (exact) mass is 522 g/mol. The van der Waals surface area contributed by atoms with Crippen LogP contribution in [0.15, 0.2) is 23.7 Å². The number of piperidine rings is 1. The van der Waals surface area contributed by atoms with Crippen molar-refractivity contribution < 1.29 is 9.59 Å². The molecule has 3 rings (SSSR count). The second-order valence-corrected chi connectivity index (χ2v) is 11.0. The van der Waals surface area contributed by atoms with Crippen LogP contribution in [0.4, 0.5) is 5.82 Å². The van der Waals surface area contributed by atoms with Gasteiger partial charge in [0.15, 0.2) is 0 Å². The Bertz CT molecular complexity index is 969. The molecule has 2 aliphatic heterocycles. The standard InChI is InChI=1S/C25H36Cl2N6O2/c1-6-21(35)31-11-12-33(17(2)15-31)24(19-13-20(26)22(27)30-23(19)29-16-34)28-14-18-7-9-32(10-8-18)25(3,4)5/h6,13,16-18H,1,7-12,14-15H2,2-5H3,(H,29,30,34)/b28-24+. The number of nitrogens with one attached hydrogen (secondary N) is 1. The maximum Gasteiger partial charge on any atom is 0.246 e. The minimum Gasteiger partial charge on any atom is -0.350 e. The first-order valence-electron chi connectivity index (χ1n) is 12.1. The van der Waals surface area contributed by atoms with Crippen LogP contribution in [0.1, 0.15) is 46.1 Å². The van der Waals surface area contributed by atoms with Crippen LogP contribution in [0.5, 0.6) is 0 Å². The number of halogens is 2. The Balaban J connectivity index is 1.90. The van der Waals surface area contributed by atoms with Crippen LogP contribution in [0.2, 0.25) is 10.2 Å². The zero-order valence-corrected chi connectivity index (χ0v) is 22.6. The van der Waals surface area contributed by atoms with E-state index in [1.165, 1.54) is 6.08 Å². The SMILES string of the molecule is C=CC(=O)N1CCN(/C(=N/CC2CCN(C(C)(C)C)CC2)c2cc(Cl)c(Cl)nc2NC=O)C(C)C1. The number of carbonyl (C=O) groups excluding carboxylic acids is 2. The Labute approximate surface area is 218 Å². The normalized spacial score (nSPS) is 20.6. The second-order valence-electron chi connectivity index (χ2n) is 10.2. The van der Waals surface area contributed by atoms with E-state index in [-0.39, 0.29) is 27.7 Å². The molecule has 8 nitrogen and oxygen atoms in total. The van der Waals surface area contributed by atoms with Crippen molar-refractivity contribution in [3.63, 3.8) is 0 Å². The Hall–Kier alpha value is -2.16. The lowest BCUT2D eigenvalue weighted by molar-refractivity contribution is -0.128. The molecule has 0 aromatic carbocycles. The summed E-state index contributed by atoms with van der Waals surface area (Å²) < 4.78 is 0. The molecule has 0 aliphatic carbocycles. The van der Waals surface area contributed by atoms with Crippen LogP contribution in [0.25, 0.3) is 0 Å². The number of hydrogen-bond donors (Lipinski definition) is 1. The van der Waals surface area contributed by atoms with E-state index in [1.807, 2.05) is 0 Å². The summed E-state index contributed by atoms with van der Waals surface area (Å²) in [6.07, 6.45) is 4.06. The van der Waals surface area contributed by atoms with Crippen molar-refractivity contribution in [3.8, 4) is 0 Å². The quantitative estimate of drug-likeness (QED) is 0.201. The third-order valence-corrected chi connectivity index (χ3v) is 7.49. The maximum absolute atomic E-state index is 12.2. The van der Waals surface area contributed by atoms with Crippen LogP contribution in [-0.2, 0) is 9.59 Å². The highest BCUT2D eigenvalue weighted by Crippen LogP contribution is 2.29. The number of amides is 2. The number of pyridine rings is 1. The Morgan fingerprint density at radius 2 is 1.94 bits per heavy atom. The first-order chi connectivity index (χ1) is 16.5. The number of aromatic nitrogens is 1. The molecule has 1 aromatic heterocycles. The van der Waals surface area contributed by atoms with Gasteiger partial charge < -0.3 is 15.1 Å². The van der Waals surface area contributed by atoms with Crippen LogP contribution >= 0.6 is 23.2 Å². The summed E-state index contributed by atoms with van der Waals surface area (Å²) in [4.78, 5) is 39.3. The van der Waals surface area contributed by atoms with Gasteiger partial charge in [-0.25, -0.2) is 4.98 Å². The fraction of sp³-hybridized carbons (Fsp3) is 0.600. The third kappa shape index (κ3) is 6.74. The molecular formula is C25H36Cl2N6O2. The molecule has 0 spiro atoms. The van der Waals surface area contributed by atoms with Crippen molar-refractivity contribution in [1.82, 2.24) is 19.7 Å². The van der Waals surface area contributed by atoms with Crippen LogP contribution < -0.4 is 5.32 Å². The van der Waals surface area contributed by atoms with Gasteiger partial charge in [0.1, 0.15) is 16.8 Å². The minimum absolute atomic E-state index is 0.00678. The van der Waals surface area contributed by atoms with Crippen molar-refractivity contribution >= 4 is 47.2 Å². The molecule has 0 radical (unpaired) electrons. The van der Waals surface area contributed by atoms with Gasteiger partial charge in [-0.15, -0.1) is 0 Å². The van der Waals surface area contributed by atoms with E-state index in [0.717, 1.165) is 25.9 Å². The summed E-state index contributed by atoms with van der Waals surface area (Å²) >= 11 is 12.5. The van der Waals surface area contributed by atoms with Crippen LogP contribution in [0, 0.1) is 5.92 Å². The van der Waals surface area contributed by atoms with Crippen molar-refractivity contribution in [3.05, 3.63) is 34.5 Å². The van der Waals surface area contributed by atoms with Gasteiger partial charge in [0, 0.05) is 37.8 Å². The third-order valence-electron chi connectivity index (χ3n) is 6.82. The highest BCUT2D eigenvalue weighted by atomic mass is 35.5. The zero-order valence-electron chi connectivity index (χ0n) is 21.1. The fourth-order valence-electron chi connectivity index (χ4n) is 4.74. The molecule has 35 heavy (non-hydrogen) atoms. The largest absolute Gasteiger partial charge is 0.350 e. The number of aliphatic imine (C=N–C) groups is 1. The summed E-state index contributed by atoms with van der Waals surface area (Å²) in [7, 11) is 0. The molecule has 2 aliphatic rings. The fourth-order valence-corrected chi connectivity index (χ4v) is 5.03. The number of anilines is 1. The minimum atomic E-state index is -0.0832. The number of carbonyl (C=O) groups is 2. The molecule has 1 unspecified atom stereocenters. The molecule has 1 atom stereocenters. The molecule has 2 amide bonds. The molecule has 0 saturated carbocycles. The lowest BCUT2D eigenvalue weighted by atomic mass is 9.93. The van der Waals surface area contributed by atoms with Gasteiger partial charge in [-0.2, -0.15) is 0 Å². The second kappa shape index (κ2) is 11.7. The number of piperazine rings is 1. The molecule has 0 bridgehead atoms. The first-order valence-corrected chi connectivity index (χ1v) is 12.8. The van der Waals surface area contributed by atoms with Crippen molar-refractivity contribution in [2.75, 3.05) is 44.6 Å². The van der Waals surface area contributed by atoms with Gasteiger partial charge in [0.05, 0.1) is 10.6 Å². The lowest BCUT2D eigenvalue weighted by Gasteiger charge is -2.42. The molecular weight excluding hydrogens is 487 g/mol. The van der Waals surface area contributed by atoms with E-state index in [9.17, 15) is 9.59 Å². The van der Waals surface area contributed by atoms with Gasteiger partial charge in [-0.3, -0.25) is 19.5 Å². The smallest absolute Gasteiger partial charge is 0.246 e. The number of nitrogens with zero attached hydrogens (tertiary/aromatic N) is 5. The average molecular weight is 524 g/mol. The summed E-state index contributed by atoms with van der Waals surface area (Å²) in [6, 6.07) is 1.70. The number of amidine groups is 1. The molecule has 2 fully saturated rings. The van der Waals surface area contributed by atoms with E-state index in [4.69, 9.17) is 28.2 Å². The van der Waals surface area contributed by atoms with Gasteiger partial charge in [-0.05, 0) is 71.7 Å². The summed E-state index contributed by atoms with van der Waals surface area (Å²) in [5.41, 5.74) is 0.785. The predicted octanol–water partition coefficient (Wildman–Crippen LogP) is 3.93. The molecule has 192 valence electrons. The topological polar surface area (TPSA) is 81.1 Å². The number of rotatable bonds is 6. The van der Waals surface area contributed by atoms with Crippen LogP contribution in [-0.4, -0.2) is 88.7 Å². The summed E-state index contributed by atoms with van der Waals surface area (Å²) in [6.45, 7) is 16.8. The van der Waals surface area contributed by atoms with Crippen molar-refractivity contribution in [2.24, 2.45) is 10.9 Å². The van der Waals surface area contributed by atoms with Crippen LogP contribution in [0.3, 0.4) is 0 Å². The summed E-state index contributed by atoms with van der Waals surface area (Å²) in [5.74, 6) is 1.39. The molecule has 2 saturated heterocycles. The van der Waals surface area contributed by atoms with E-state index in [0.29, 0.717) is 55.7 Å². The molecule has 3 heterocycles. The highest BCUT2D eigenvalue weighted by molar-refractivity contribution is 6.41. The van der Waals surface area contributed by atoms with Crippen molar-refractivity contribution in [1.29, 1.82) is 0 Å². The number of likely N-dealkylation sites (tertiary alicyclic amines) is 1. The van der Waals surface area contributed by atoms with Gasteiger partial charge in [0.25, 0.3) is 0 Å².